The first-order valence-electron chi connectivity index (χ1n) is 5.26. The molecule has 2 rings (SSSR count). The molecule has 3 heteroatoms. The summed E-state index contributed by atoms with van der Waals surface area (Å²) in [4.78, 5) is 0.457. The van der Waals surface area contributed by atoms with E-state index in [0.717, 1.165) is 18.7 Å². The van der Waals surface area contributed by atoms with Gasteiger partial charge in [0.05, 0.1) is 5.69 Å². The third-order valence-corrected chi connectivity index (χ3v) is 2.78. The largest absolute Gasteiger partial charge is 0.388 e. The maximum atomic E-state index is 5.64. The molecule has 0 radical (unpaired) electrons. The fourth-order valence-electron chi connectivity index (χ4n) is 1.73. The monoisotopic (exact) mass is 230 g/mol. The van der Waals surface area contributed by atoms with E-state index in [1.807, 2.05) is 24.4 Å². The summed E-state index contributed by atoms with van der Waals surface area (Å²) in [5.41, 5.74) is 7.90. The molecule has 2 aromatic rings. The first-order valence-corrected chi connectivity index (χ1v) is 5.67. The number of thiocarbonyl (C=S) groups is 1. The number of rotatable bonds is 4. The lowest BCUT2D eigenvalue weighted by Crippen LogP contribution is -2.16. The van der Waals surface area contributed by atoms with Crippen LogP contribution in [0, 0.1) is 0 Å². The quantitative estimate of drug-likeness (QED) is 0.817. The molecular weight excluding hydrogens is 216 g/mol. The van der Waals surface area contributed by atoms with Crippen LogP contribution in [0.25, 0.3) is 0 Å². The zero-order chi connectivity index (χ0) is 11.4. The standard InChI is InChI=1S/C13H14N2S/c14-13(16)12-7-4-9-15(12)10-8-11-5-2-1-3-6-11/h1-7,9H,8,10H2,(H2,14,16). The van der Waals surface area contributed by atoms with Crippen molar-refractivity contribution in [3.63, 3.8) is 0 Å². The van der Waals surface area contributed by atoms with Crippen molar-refractivity contribution < 1.29 is 0 Å². The van der Waals surface area contributed by atoms with Crippen LogP contribution in [0.4, 0.5) is 0 Å². The Balaban J connectivity index is 2.05. The first-order chi connectivity index (χ1) is 7.77. The molecule has 1 aromatic carbocycles. The second kappa shape index (κ2) is 4.94. The summed E-state index contributed by atoms with van der Waals surface area (Å²) in [6, 6.07) is 14.3. The van der Waals surface area contributed by atoms with Crippen LogP contribution in [0.2, 0.25) is 0 Å². The van der Waals surface area contributed by atoms with E-state index in [9.17, 15) is 0 Å². The summed E-state index contributed by atoms with van der Waals surface area (Å²) in [6.45, 7) is 0.906. The number of nitrogens with zero attached hydrogens (tertiary/aromatic N) is 1. The number of aromatic nitrogens is 1. The average molecular weight is 230 g/mol. The van der Waals surface area contributed by atoms with Crippen LogP contribution in [0.3, 0.4) is 0 Å². The fourth-order valence-corrected chi connectivity index (χ4v) is 1.91. The minimum absolute atomic E-state index is 0.457. The lowest BCUT2D eigenvalue weighted by atomic mass is 10.1. The molecule has 2 N–H and O–H groups in total. The molecule has 0 atom stereocenters. The van der Waals surface area contributed by atoms with Gasteiger partial charge in [-0.15, -0.1) is 0 Å². The van der Waals surface area contributed by atoms with Gasteiger partial charge in [0.1, 0.15) is 4.99 Å². The van der Waals surface area contributed by atoms with Gasteiger partial charge in [-0.05, 0) is 24.1 Å². The third-order valence-electron chi connectivity index (χ3n) is 2.57. The summed E-state index contributed by atoms with van der Waals surface area (Å²) < 4.78 is 2.09. The molecular formula is C13H14N2S. The average Bonchev–Trinajstić information content (AvgIpc) is 2.76. The molecule has 0 amide bonds. The number of nitrogens with two attached hydrogens (primary N) is 1. The molecule has 0 aliphatic heterocycles. The minimum atomic E-state index is 0.457. The van der Waals surface area contributed by atoms with Crippen molar-refractivity contribution in [3.05, 3.63) is 59.9 Å². The molecule has 0 spiro atoms. The fraction of sp³-hybridized carbons (Fsp3) is 0.154. The second-order valence-corrected chi connectivity index (χ2v) is 4.13. The Morgan fingerprint density at radius 3 is 2.56 bits per heavy atom. The number of hydrogen-bond donors (Lipinski definition) is 1. The van der Waals surface area contributed by atoms with Crippen LogP contribution >= 0.6 is 12.2 Å². The van der Waals surface area contributed by atoms with E-state index >= 15 is 0 Å². The van der Waals surface area contributed by atoms with Crippen LogP contribution < -0.4 is 5.73 Å². The summed E-state index contributed by atoms with van der Waals surface area (Å²) >= 11 is 4.99. The highest BCUT2D eigenvalue weighted by molar-refractivity contribution is 7.80. The lowest BCUT2D eigenvalue weighted by molar-refractivity contribution is 0.696. The molecule has 0 aliphatic rings. The third kappa shape index (κ3) is 2.49. The van der Waals surface area contributed by atoms with Crippen molar-refractivity contribution >= 4 is 17.2 Å². The molecule has 1 aromatic heterocycles. The Morgan fingerprint density at radius 2 is 1.88 bits per heavy atom. The van der Waals surface area contributed by atoms with E-state index < -0.39 is 0 Å². The first kappa shape index (κ1) is 10.9. The maximum absolute atomic E-state index is 5.64. The van der Waals surface area contributed by atoms with Crippen molar-refractivity contribution in [2.24, 2.45) is 5.73 Å². The molecule has 0 bridgehead atoms. The van der Waals surface area contributed by atoms with Gasteiger partial charge in [0, 0.05) is 12.7 Å². The molecule has 16 heavy (non-hydrogen) atoms. The molecule has 0 unspecified atom stereocenters. The second-order valence-electron chi connectivity index (χ2n) is 3.69. The van der Waals surface area contributed by atoms with E-state index in [-0.39, 0.29) is 0 Å². The summed E-state index contributed by atoms with van der Waals surface area (Å²) in [6.07, 6.45) is 3.00. The summed E-state index contributed by atoms with van der Waals surface area (Å²) in [7, 11) is 0. The zero-order valence-corrected chi connectivity index (χ0v) is 9.78. The van der Waals surface area contributed by atoms with Gasteiger partial charge >= 0.3 is 0 Å². The van der Waals surface area contributed by atoms with Gasteiger partial charge in [-0.1, -0.05) is 42.5 Å². The number of hydrogen-bond acceptors (Lipinski definition) is 1. The van der Waals surface area contributed by atoms with Gasteiger partial charge in [-0.3, -0.25) is 0 Å². The SMILES string of the molecule is NC(=S)c1cccn1CCc1ccccc1. The predicted octanol–water partition coefficient (Wildman–Crippen LogP) is 2.37. The Labute approximate surface area is 101 Å². The van der Waals surface area contributed by atoms with Crippen molar-refractivity contribution in [1.29, 1.82) is 0 Å². The highest BCUT2D eigenvalue weighted by Crippen LogP contribution is 2.06. The van der Waals surface area contributed by atoms with Crippen molar-refractivity contribution in [1.82, 2.24) is 4.57 Å². The molecule has 82 valence electrons. The predicted molar refractivity (Wildman–Crippen MR) is 70.5 cm³/mol. The van der Waals surface area contributed by atoms with E-state index in [1.54, 1.807) is 0 Å². The van der Waals surface area contributed by atoms with E-state index in [2.05, 4.69) is 28.8 Å². The molecule has 0 fully saturated rings. The topological polar surface area (TPSA) is 30.9 Å². The van der Waals surface area contributed by atoms with E-state index in [4.69, 9.17) is 18.0 Å². The van der Waals surface area contributed by atoms with Crippen LogP contribution in [0.1, 0.15) is 11.3 Å². The van der Waals surface area contributed by atoms with Crippen LogP contribution in [-0.2, 0) is 13.0 Å². The molecule has 0 aliphatic carbocycles. The van der Waals surface area contributed by atoms with Gasteiger partial charge in [0.15, 0.2) is 0 Å². The van der Waals surface area contributed by atoms with Crippen LogP contribution in [0.5, 0.6) is 0 Å². The highest BCUT2D eigenvalue weighted by atomic mass is 32.1. The summed E-state index contributed by atoms with van der Waals surface area (Å²) in [5.74, 6) is 0. The van der Waals surface area contributed by atoms with Crippen molar-refractivity contribution in [2.75, 3.05) is 0 Å². The van der Waals surface area contributed by atoms with Crippen molar-refractivity contribution in [3.8, 4) is 0 Å². The van der Waals surface area contributed by atoms with Crippen LogP contribution in [0.15, 0.2) is 48.7 Å². The Kier molecular flexibility index (Phi) is 3.37. The van der Waals surface area contributed by atoms with Crippen molar-refractivity contribution in [2.45, 2.75) is 13.0 Å². The van der Waals surface area contributed by atoms with Gasteiger partial charge in [0.2, 0.25) is 0 Å². The molecule has 0 saturated carbocycles. The lowest BCUT2D eigenvalue weighted by Gasteiger charge is -2.07. The zero-order valence-electron chi connectivity index (χ0n) is 8.97. The number of benzene rings is 1. The molecule has 2 nitrogen and oxygen atoms in total. The molecule has 1 heterocycles. The van der Waals surface area contributed by atoms with Gasteiger partial charge in [-0.2, -0.15) is 0 Å². The van der Waals surface area contributed by atoms with Gasteiger partial charge < -0.3 is 10.3 Å². The summed E-state index contributed by atoms with van der Waals surface area (Å²) in [5, 5.41) is 0. The van der Waals surface area contributed by atoms with Crippen LogP contribution in [-0.4, -0.2) is 9.56 Å². The highest BCUT2D eigenvalue weighted by Gasteiger charge is 2.02. The molecule has 0 saturated heterocycles. The number of aryl methyl sites for hydroxylation is 2. The van der Waals surface area contributed by atoms with Gasteiger partial charge in [-0.25, -0.2) is 0 Å². The Morgan fingerprint density at radius 1 is 1.12 bits per heavy atom. The minimum Gasteiger partial charge on any atom is -0.388 e. The Bertz CT molecular complexity index is 474. The smallest absolute Gasteiger partial charge is 0.120 e. The Hall–Kier alpha value is -1.61. The maximum Gasteiger partial charge on any atom is 0.120 e. The van der Waals surface area contributed by atoms with Gasteiger partial charge in [0.25, 0.3) is 0 Å². The van der Waals surface area contributed by atoms with E-state index in [0.29, 0.717) is 4.99 Å². The van der Waals surface area contributed by atoms with E-state index in [1.165, 1.54) is 5.56 Å². The normalized spacial score (nSPS) is 10.2.